The third-order valence-corrected chi connectivity index (χ3v) is 3.50. The van der Waals surface area contributed by atoms with E-state index in [4.69, 9.17) is 4.74 Å². The van der Waals surface area contributed by atoms with Crippen molar-refractivity contribution in [3.63, 3.8) is 0 Å². The standard InChI is InChI=1S/C14H19BrFNO/c1-2-3-12(9-17-11-5-6-11)18-14-7-4-10(15)8-13(14)16/h4,7-8,11-12,17H,2-3,5-6,9H2,1H3. The molecule has 1 N–H and O–H groups in total. The zero-order valence-electron chi connectivity index (χ0n) is 10.6. The first-order valence-electron chi connectivity index (χ1n) is 6.54. The third-order valence-electron chi connectivity index (χ3n) is 3.01. The average molecular weight is 316 g/mol. The van der Waals surface area contributed by atoms with Crippen LogP contribution in [0.4, 0.5) is 4.39 Å². The van der Waals surface area contributed by atoms with Gasteiger partial charge in [-0.3, -0.25) is 0 Å². The SMILES string of the molecule is CCCC(CNC1CC1)Oc1ccc(Br)cc1F. The molecule has 1 saturated carbocycles. The van der Waals surface area contributed by atoms with E-state index in [2.05, 4.69) is 28.2 Å². The molecule has 0 bridgehead atoms. The largest absolute Gasteiger partial charge is 0.486 e. The summed E-state index contributed by atoms with van der Waals surface area (Å²) < 4.78 is 20.2. The zero-order chi connectivity index (χ0) is 13.0. The van der Waals surface area contributed by atoms with Crippen molar-refractivity contribution >= 4 is 15.9 Å². The minimum absolute atomic E-state index is 0.0475. The average Bonchev–Trinajstić information content (AvgIpc) is 3.13. The first-order valence-corrected chi connectivity index (χ1v) is 7.33. The number of hydrogen-bond donors (Lipinski definition) is 1. The Labute approximate surface area is 116 Å². The maximum Gasteiger partial charge on any atom is 0.166 e. The van der Waals surface area contributed by atoms with Gasteiger partial charge in [0, 0.05) is 17.1 Å². The molecule has 4 heteroatoms. The zero-order valence-corrected chi connectivity index (χ0v) is 12.2. The second-order valence-corrected chi connectivity index (χ2v) is 5.70. The summed E-state index contributed by atoms with van der Waals surface area (Å²) in [6.45, 7) is 2.92. The molecule has 1 atom stereocenters. The van der Waals surface area contributed by atoms with Crippen LogP contribution in [-0.4, -0.2) is 18.7 Å². The van der Waals surface area contributed by atoms with Crippen molar-refractivity contribution in [1.82, 2.24) is 5.32 Å². The third kappa shape index (κ3) is 4.25. The van der Waals surface area contributed by atoms with Crippen LogP contribution in [0.2, 0.25) is 0 Å². The Bertz CT molecular complexity index is 395. The van der Waals surface area contributed by atoms with E-state index in [0.717, 1.165) is 23.9 Å². The van der Waals surface area contributed by atoms with Gasteiger partial charge in [0.25, 0.3) is 0 Å². The van der Waals surface area contributed by atoms with E-state index in [1.807, 2.05) is 0 Å². The van der Waals surface area contributed by atoms with Crippen molar-refractivity contribution in [2.24, 2.45) is 0 Å². The normalized spacial score (nSPS) is 16.6. The Balaban J connectivity index is 1.92. The van der Waals surface area contributed by atoms with E-state index in [1.165, 1.54) is 18.9 Å². The van der Waals surface area contributed by atoms with E-state index >= 15 is 0 Å². The number of nitrogens with one attached hydrogen (secondary N) is 1. The lowest BCUT2D eigenvalue weighted by molar-refractivity contribution is 0.178. The minimum atomic E-state index is -0.308. The molecule has 0 aliphatic heterocycles. The van der Waals surface area contributed by atoms with Crippen LogP contribution in [0.15, 0.2) is 22.7 Å². The first kappa shape index (κ1) is 13.8. The molecule has 1 aromatic carbocycles. The second-order valence-electron chi connectivity index (χ2n) is 4.79. The number of rotatable bonds is 7. The fourth-order valence-corrected chi connectivity index (χ4v) is 2.19. The highest BCUT2D eigenvalue weighted by Gasteiger charge is 2.22. The molecule has 100 valence electrons. The van der Waals surface area contributed by atoms with E-state index in [1.54, 1.807) is 12.1 Å². The first-order chi connectivity index (χ1) is 8.69. The molecule has 1 unspecified atom stereocenters. The Kier molecular flexibility index (Phi) is 5.01. The molecule has 0 saturated heterocycles. The smallest absolute Gasteiger partial charge is 0.166 e. The molecule has 18 heavy (non-hydrogen) atoms. The van der Waals surface area contributed by atoms with E-state index in [0.29, 0.717) is 11.8 Å². The summed E-state index contributed by atoms with van der Waals surface area (Å²) >= 11 is 3.24. The number of halogens is 2. The Morgan fingerprint density at radius 3 is 2.89 bits per heavy atom. The molecule has 0 spiro atoms. The fraction of sp³-hybridized carbons (Fsp3) is 0.571. The van der Waals surface area contributed by atoms with Crippen molar-refractivity contribution in [2.45, 2.75) is 44.8 Å². The van der Waals surface area contributed by atoms with Crippen molar-refractivity contribution in [3.05, 3.63) is 28.5 Å². The molecule has 1 aliphatic carbocycles. The molecular weight excluding hydrogens is 297 g/mol. The second kappa shape index (κ2) is 6.53. The van der Waals surface area contributed by atoms with Gasteiger partial charge in [-0.25, -0.2) is 4.39 Å². The van der Waals surface area contributed by atoms with Crippen LogP contribution in [0.25, 0.3) is 0 Å². The fourth-order valence-electron chi connectivity index (χ4n) is 1.86. The van der Waals surface area contributed by atoms with Crippen LogP contribution >= 0.6 is 15.9 Å². The van der Waals surface area contributed by atoms with Crippen LogP contribution in [0.1, 0.15) is 32.6 Å². The van der Waals surface area contributed by atoms with Gasteiger partial charge in [-0.1, -0.05) is 29.3 Å². The predicted molar refractivity (Wildman–Crippen MR) is 74.4 cm³/mol. The molecule has 2 rings (SSSR count). The summed E-state index contributed by atoms with van der Waals surface area (Å²) in [5.74, 6) is 0.0335. The minimum Gasteiger partial charge on any atom is -0.486 e. The van der Waals surface area contributed by atoms with Crippen LogP contribution in [0, 0.1) is 5.82 Å². The molecule has 0 amide bonds. The molecule has 2 nitrogen and oxygen atoms in total. The highest BCUT2D eigenvalue weighted by Crippen LogP contribution is 2.24. The Morgan fingerprint density at radius 2 is 2.28 bits per heavy atom. The van der Waals surface area contributed by atoms with Crippen molar-refractivity contribution in [2.75, 3.05) is 6.54 Å². The van der Waals surface area contributed by atoms with Gasteiger partial charge in [0.15, 0.2) is 11.6 Å². The summed E-state index contributed by atoms with van der Waals surface area (Å²) in [7, 11) is 0. The van der Waals surface area contributed by atoms with E-state index in [9.17, 15) is 4.39 Å². The van der Waals surface area contributed by atoms with Crippen molar-refractivity contribution in [1.29, 1.82) is 0 Å². The lowest BCUT2D eigenvalue weighted by Crippen LogP contribution is -2.32. The molecular formula is C14H19BrFNO. The van der Waals surface area contributed by atoms with Crippen molar-refractivity contribution in [3.8, 4) is 5.75 Å². The van der Waals surface area contributed by atoms with Crippen LogP contribution in [0.5, 0.6) is 5.75 Å². The maximum absolute atomic E-state index is 13.7. The van der Waals surface area contributed by atoms with Crippen molar-refractivity contribution < 1.29 is 9.13 Å². The summed E-state index contributed by atoms with van der Waals surface area (Å²) in [6.07, 6.45) is 4.53. The van der Waals surface area contributed by atoms with Gasteiger partial charge in [0.2, 0.25) is 0 Å². The molecule has 0 radical (unpaired) electrons. The molecule has 0 heterocycles. The van der Waals surface area contributed by atoms with Gasteiger partial charge in [-0.05, 0) is 37.5 Å². The van der Waals surface area contributed by atoms with Gasteiger partial charge in [-0.15, -0.1) is 0 Å². The quantitative estimate of drug-likeness (QED) is 0.824. The van der Waals surface area contributed by atoms with Gasteiger partial charge in [-0.2, -0.15) is 0 Å². The molecule has 1 fully saturated rings. The summed E-state index contributed by atoms with van der Waals surface area (Å²) in [4.78, 5) is 0. The summed E-state index contributed by atoms with van der Waals surface area (Å²) in [6, 6.07) is 5.57. The molecule has 1 aliphatic rings. The number of hydrogen-bond acceptors (Lipinski definition) is 2. The van der Waals surface area contributed by atoms with Crippen LogP contribution in [0.3, 0.4) is 0 Å². The number of ether oxygens (including phenoxy) is 1. The van der Waals surface area contributed by atoms with Gasteiger partial charge in [0.05, 0.1) is 0 Å². The highest BCUT2D eigenvalue weighted by molar-refractivity contribution is 9.10. The molecule has 1 aromatic rings. The lowest BCUT2D eigenvalue weighted by atomic mass is 10.2. The Morgan fingerprint density at radius 1 is 1.50 bits per heavy atom. The number of benzene rings is 1. The highest BCUT2D eigenvalue weighted by atomic mass is 79.9. The lowest BCUT2D eigenvalue weighted by Gasteiger charge is -2.19. The Hall–Kier alpha value is -0.610. The van der Waals surface area contributed by atoms with Gasteiger partial charge < -0.3 is 10.1 Å². The van der Waals surface area contributed by atoms with Crippen LogP contribution in [-0.2, 0) is 0 Å². The monoisotopic (exact) mass is 315 g/mol. The summed E-state index contributed by atoms with van der Waals surface area (Å²) in [5, 5.41) is 3.44. The van der Waals surface area contributed by atoms with Gasteiger partial charge >= 0.3 is 0 Å². The van der Waals surface area contributed by atoms with E-state index < -0.39 is 0 Å². The van der Waals surface area contributed by atoms with Gasteiger partial charge in [0.1, 0.15) is 6.10 Å². The summed E-state index contributed by atoms with van der Waals surface area (Å²) in [5.41, 5.74) is 0. The van der Waals surface area contributed by atoms with Crippen LogP contribution < -0.4 is 10.1 Å². The maximum atomic E-state index is 13.7. The van der Waals surface area contributed by atoms with E-state index in [-0.39, 0.29) is 11.9 Å². The topological polar surface area (TPSA) is 21.3 Å². The molecule has 0 aromatic heterocycles. The predicted octanol–water partition coefficient (Wildman–Crippen LogP) is 3.89.